The molecule has 2 amide bonds. The minimum Gasteiger partial charge on any atom is -0.482 e. The number of halogens is 2. The summed E-state index contributed by atoms with van der Waals surface area (Å²) in [6.45, 7) is 7.98. The molecule has 0 bridgehead atoms. The molecule has 0 aliphatic carbocycles. The third-order valence-corrected chi connectivity index (χ3v) is 4.92. The fraction of sp³-hybridized carbons (Fsp3) is 0.300. The van der Waals surface area contributed by atoms with Gasteiger partial charge < -0.3 is 4.74 Å². The van der Waals surface area contributed by atoms with E-state index in [0.29, 0.717) is 11.3 Å². The zero-order chi connectivity index (χ0) is 20.2. The van der Waals surface area contributed by atoms with Crippen LogP contribution in [0.1, 0.15) is 42.3 Å². The molecule has 0 aliphatic heterocycles. The van der Waals surface area contributed by atoms with Crippen molar-refractivity contribution in [3.05, 3.63) is 62.0 Å². The van der Waals surface area contributed by atoms with Crippen LogP contribution in [0.15, 0.2) is 45.3 Å². The summed E-state index contributed by atoms with van der Waals surface area (Å²) in [5.74, 6) is -0.258. The second-order valence-electron chi connectivity index (χ2n) is 7.15. The standard InChI is InChI=1S/C20H22Br2N2O3/c1-12-9-15(21)10-16(22)18(12)27-11-17(25)23-24-19(26)13-5-7-14(8-6-13)20(2,3)4/h5-10H,11H2,1-4H3,(H,23,25)(H,24,26). The molecule has 2 rings (SSSR count). The first-order valence-corrected chi connectivity index (χ1v) is 9.94. The van der Waals surface area contributed by atoms with Gasteiger partial charge in [0.1, 0.15) is 5.75 Å². The van der Waals surface area contributed by atoms with E-state index in [1.54, 1.807) is 12.1 Å². The maximum absolute atomic E-state index is 12.2. The van der Waals surface area contributed by atoms with E-state index in [-0.39, 0.29) is 17.9 Å². The van der Waals surface area contributed by atoms with E-state index in [4.69, 9.17) is 4.74 Å². The third kappa shape index (κ3) is 6.07. The molecule has 5 nitrogen and oxygen atoms in total. The van der Waals surface area contributed by atoms with Crippen molar-refractivity contribution < 1.29 is 14.3 Å². The van der Waals surface area contributed by atoms with Gasteiger partial charge >= 0.3 is 0 Å². The maximum Gasteiger partial charge on any atom is 0.276 e. The average Bonchev–Trinajstić information content (AvgIpc) is 2.58. The minimum atomic E-state index is -0.455. The number of amides is 2. The molecule has 0 fully saturated rings. The molecule has 0 atom stereocenters. The van der Waals surface area contributed by atoms with Crippen molar-refractivity contribution in [2.45, 2.75) is 33.1 Å². The normalized spacial score (nSPS) is 11.0. The number of benzene rings is 2. The predicted molar refractivity (Wildman–Crippen MR) is 113 cm³/mol. The predicted octanol–water partition coefficient (Wildman–Crippen LogP) is 4.66. The highest BCUT2D eigenvalue weighted by molar-refractivity contribution is 9.11. The van der Waals surface area contributed by atoms with Crippen molar-refractivity contribution in [1.29, 1.82) is 0 Å². The van der Waals surface area contributed by atoms with Crippen LogP contribution < -0.4 is 15.6 Å². The first-order valence-electron chi connectivity index (χ1n) is 8.36. The van der Waals surface area contributed by atoms with Gasteiger partial charge in [-0.05, 0) is 63.7 Å². The number of hydrazine groups is 1. The van der Waals surface area contributed by atoms with Gasteiger partial charge in [-0.15, -0.1) is 0 Å². The number of ether oxygens (including phenoxy) is 1. The van der Waals surface area contributed by atoms with E-state index in [1.807, 2.05) is 31.2 Å². The molecule has 2 N–H and O–H groups in total. The molecule has 2 aromatic carbocycles. The van der Waals surface area contributed by atoms with Crippen LogP contribution in [-0.4, -0.2) is 18.4 Å². The largest absolute Gasteiger partial charge is 0.482 e. The molecular formula is C20H22Br2N2O3. The highest BCUT2D eigenvalue weighted by Gasteiger charge is 2.15. The van der Waals surface area contributed by atoms with Gasteiger partial charge in [0.2, 0.25) is 0 Å². The Morgan fingerprint density at radius 3 is 2.22 bits per heavy atom. The first-order chi connectivity index (χ1) is 12.6. The molecule has 27 heavy (non-hydrogen) atoms. The van der Waals surface area contributed by atoms with Gasteiger partial charge in [-0.3, -0.25) is 20.4 Å². The fourth-order valence-electron chi connectivity index (χ4n) is 2.37. The van der Waals surface area contributed by atoms with Crippen LogP contribution in [0, 0.1) is 6.92 Å². The van der Waals surface area contributed by atoms with Gasteiger partial charge in [0.15, 0.2) is 6.61 Å². The van der Waals surface area contributed by atoms with E-state index in [1.165, 1.54) is 0 Å². The topological polar surface area (TPSA) is 67.4 Å². The van der Waals surface area contributed by atoms with Crippen LogP contribution in [0.3, 0.4) is 0 Å². The van der Waals surface area contributed by atoms with Gasteiger partial charge in [0.25, 0.3) is 11.8 Å². The molecule has 0 aliphatic rings. The molecule has 0 spiro atoms. The summed E-state index contributed by atoms with van der Waals surface area (Å²) in [5.41, 5.74) is 7.25. The van der Waals surface area contributed by atoms with Crippen LogP contribution in [0.4, 0.5) is 0 Å². The van der Waals surface area contributed by atoms with Crippen molar-refractivity contribution in [3.8, 4) is 5.75 Å². The highest BCUT2D eigenvalue weighted by Crippen LogP contribution is 2.32. The fourth-order valence-corrected chi connectivity index (χ4v) is 3.92. The number of rotatable bonds is 4. The number of nitrogens with one attached hydrogen (secondary N) is 2. The maximum atomic E-state index is 12.2. The Hall–Kier alpha value is -1.86. The van der Waals surface area contributed by atoms with Crippen molar-refractivity contribution >= 4 is 43.7 Å². The summed E-state index contributed by atoms with van der Waals surface area (Å²) in [6.07, 6.45) is 0. The molecule has 0 aromatic heterocycles. The Labute approximate surface area is 176 Å². The molecule has 144 valence electrons. The molecule has 0 saturated carbocycles. The molecular weight excluding hydrogens is 476 g/mol. The molecule has 2 aromatic rings. The van der Waals surface area contributed by atoms with Crippen LogP contribution in [0.5, 0.6) is 5.75 Å². The zero-order valence-electron chi connectivity index (χ0n) is 15.7. The van der Waals surface area contributed by atoms with E-state index in [2.05, 4.69) is 63.5 Å². The summed E-state index contributed by atoms with van der Waals surface area (Å²) < 4.78 is 7.20. The van der Waals surface area contributed by atoms with Gasteiger partial charge in [0, 0.05) is 10.0 Å². The van der Waals surface area contributed by atoms with E-state index in [9.17, 15) is 9.59 Å². The number of carbonyl (C=O) groups excluding carboxylic acids is 2. The Kier molecular flexibility index (Phi) is 7.06. The smallest absolute Gasteiger partial charge is 0.276 e. The highest BCUT2D eigenvalue weighted by atomic mass is 79.9. The van der Waals surface area contributed by atoms with Gasteiger partial charge in [-0.1, -0.05) is 48.8 Å². The summed E-state index contributed by atoms with van der Waals surface area (Å²) in [4.78, 5) is 24.1. The summed E-state index contributed by atoms with van der Waals surface area (Å²) >= 11 is 6.80. The third-order valence-electron chi connectivity index (χ3n) is 3.87. The zero-order valence-corrected chi connectivity index (χ0v) is 18.8. The summed E-state index contributed by atoms with van der Waals surface area (Å²) in [7, 11) is 0. The van der Waals surface area contributed by atoms with Crippen molar-refractivity contribution in [2.75, 3.05) is 6.61 Å². The quantitative estimate of drug-likeness (QED) is 0.604. The molecule has 0 unspecified atom stereocenters. The molecule has 0 heterocycles. The Morgan fingerprint density at radius 1 is 1.04 bits per heavy atom. The van der Waals surface area contributed by atoms with Crippen molar-refractivity contribution in [2.24, 2.45) is 0 Å². The lowest BCUT2D eigenvalue weighted by molar-refractivity contribution is -0.123. The Bertz CT molecular complexity index is 820. The summed E-state index contributed by atoms with van der Waals surface area (Å²) in [6, 6.07) is 11.0. The van der Waals surface area contributed by atoms with E-state index < -0.39 is 5.91 Å². The monoisotopic (exact) mass is 496 g/mol. The number of carbonyl (C=O) groups is 2. The van der Waals surface area contributed by atoms with E-state index >= 15 is 0 Å². The molecule has 0 radical (unpaired) electrons. The SMILES string of the molecule is Cc1cc(Br)cc(Br)c1OCC(=O)NNC(=O)c1ccc(C(C)(C)C)cc1. The average molecular weight is 498 g/mol. The lowest BCUT2D eigenvalue weighted by atomic mass is 9.87. The number of aryl methyl sites for hydroxylation is 1. The molecule has 7 heteroatoms. The second kappa shape index (κ2) is 8.89. The summed E-state index contributed by atoms with van der Waals surface area (Å²) in [5, 5.41) is 0. The van der Waals surface area contributed by atoms with Crippen molar-refractivity contribution in [3.63, 3.8) is 0 Å². The van der Waals surface area contributed by atoms with Crippen LogP contribution in [-0.2, 0) is 10.2 Å². The lowest BCUT2D eigenvalue weighted by Gasteiger charge is -2.19. The Balaban J connectivity index is 1.87. The van der Waals surface area contributed by atoms with Gasteiger partial charge in [0.05, 0.1) is 4.47 Å². The second-order valence-corrected chi connectivity index (χ2v) is 8.92. The molecule has 0 saturated heterocycles. The van der Waals surface area contributed by atoms with Gasteiger partial charge in [-0.2, -0.15) is 0 Å². The Morgan fingerprint density at radius 2 is 1.67 bits per heavy atom. The van der Waals surface area contributed by atoms with Crippen LogP contribution in [0.2, 0.25) is 0 Å². The minimum absolute atomic E-state index is 0.0139. The van der Waals surface area contributed by atoms with Crippen LogP contribution >= 0.6 is 31.9 Å². The van der Waals surface area contributed by atoms with Crippen molar-refractivity contribution in [1.82, 2.24) is 10.9 Å². The van der Waals surface area contributed by atoms with Gasteiger partial charge in [-0.25, -0.2) is 0 Å². The van der Waals surface area contributed by atoms with E-state index in [0.717, 1.165) is 20.1 Å². The number of hydrogen-bond acceptors (Lipinski definition) is 3. The first kappa shape index (κ1) is 21.4. The number of hydrogen-bond donors (Lipinski definition) is 2. The van der Waals surface area contributed by atoms with Crippen LogP contribution in [0.25, 0.3) is 0 Å². The lowest BCUT2D eigenvalue weighted by Crippen LogP contribution is -2.43.